The van der Waals surface area contributed by atoms with Crippen LogP contribution in [-0.4, -0.2) is 30.0 Å². The molecule has 0 radical (unpaired) electrons. The molecule has 144 valence electrons. The number of anilines is 2. The zero-order valence-electron chi connectivity index (χ0n) is 15.5. The van der Waals surface area contributed by atoms with E-state index in [9.17, 15) is 14.7 Å². The molecule has 28 heavy (non-hydrogen) atoms. The molecule has 1 atom stereocenters. The number of carbonyl (C=O) groups is 2. The fourth-order valence-electron chi connectivity index (χ4n) is 3.74. The van der Waals surface area contributed by atoms with Gasteiger partial charge in [-0.2, -0.15) is 0 Å². The van der Waals surface area contributed by atoms with Gasteiger partial charge in [-0.25, -0.2) is 0 Å². The van der Waals surface area contributed by atoms with Crippen LogP contribution in [0.4, 0.5) is 11.4 Å². The van der Waals surface area contributed by atoms with Gasteiger partial charge in [0.15, 0.2) is 0 Å². The van der Waals surface area contributed by atoms with E-state index in [0.717, 1.165) is 24.3 Å². The molecule has 0 bridgehead atoms. The number of nitrogens with one attached hydrogen (secondary N) is 2. The van der Waals surface area contributed by atoms with E-state index in [1.54, 1.807) is 12.1 Å². The largest absolute Gasteiger partial charge is 0.509 e. The summed E-state index contributed by atoms with van der Waals surface area (Å²) < 4.78 is 0. The summed E-state index contributed by atoms with van der Waals surface area (Å²) in [5.41, 5.74) is 2.19. The number of hydrogen-bond donors (Lipinski definition) is 3. The van der Waals surface area contributed by atoms with Gasteiger partial charge in [0.1, 0.15) is 17.4 Å². The molecular weight excluding hydrogens is 354 g/mol. The predicted octanol–water partition coefficient (Wildman–Crippen LogP) is 3.30. The Balaban J connectivity index is 1.48. The Labute approximate surface area is 163 Å². The normalized spacial score (nSPS) is 19.5. The molecule has 1 fully saturated rings. The molecular formula is C22H23N3O3. The van der Waals surface area contributed by atoms with Crippen LogP contribution < -0.4 is 15.5 Å². The molecule has 0 aromatic heterocycles. The lowest BCUT2D eigenvalue weighted by Crippen LogP contribution is -2.29. The molecule has 0 saturated carbocycles. The number of amides is 2. The van der Waals surface area contributed by atoms with E-state index in [2.05, 4.69) is 15.5 Å². The van der Waals surface area contributed by atoms with Crippen molar-refractivity contribution in [1.29, 1.82) is 0 Å². The minimum Gasteiger partial charge on any atom is -0.509 e. The maximum atomic E-state index is 12.6. The molecule has 2 aliphatic rings. The summed E-state index contributed by atoms with van der Waals surface area (Å²) in [5.74, 6) is -1.44. The van der Waals surface area contributed by atoms with Crippen LogP contribution in [0.15, 0.2) is 65.9 Å². The Morgan fingerprint density at radius 3 is 2.36 bits per heavy atom. The SMILES string of the molecule is O=C(Nc1ccc(N2CCCCC2)cc1)C1=C(O)C(c2ccccc2)NC1=O. The van der Waals surface area contributed by atoms with Crippen LogP contribution >= 0.6 is 0 Å². The number of aliphatic hydroxyl groups is 1. The molecule has 2 aliphatic heterocycles. The summed E-state index contributed by atoms with van der Waals surface area (Å²) in [6.45, 7) is 2.10. The summed E-state index contributed by atoms with van der Waals surface area (Å²) in [4.78, 5) is 27.2. The van der Waals surface area contributed by atoms with Crippen molar-refractivity contribution in [3.8, 4) is 0 Å². The van der Waals surface area contributed by atoms with Gasteiger partial charge in [0.25, 0.3) is 11.8 Å². The first kappa shape index (κ1) is 18.1. The minimum atomic E-state index is -0.698. The van der Waals surface area contributed by atoms with Crippen molar-refractivity contribution < 1.29 is 14.7 Å². The third-order valence-corrected chi connectivity index (χ3v) is 5.24. The predicted molar refractivity (Wildman–Crippen MR) is 108 cm³/mol. The Hall–Kier alpha value is -3.28. The van der Waals surface area contributed by atoms with E-state index >= 15 is 0 Å². The fraction of sp³-hybridized carbons (Fsp3) is 0.273. The van der Waals surface area contributed by atoms with E-state index in [1.807, 2.05) is 42.5 Å². The van der Waals surface area contributed by atoms with Crippen LogP contribution in [0.1, 0.15) is 30.9 Å². The third kappa shape index (κ3) is 3.58. The van der Waals surface area contributed by atoms with Crippen LogP contribution in [0.25, 0.3) is 0 Å². The van der Waals surface area contributed by atoms with Gasteiger partial charge < -0.3 is 20.6 Å². The monoisotopic (exact) mass is 377 g/mol. The molecule has 0 spiro atoms. The highest BCUT2D eigenvalue weighted by atomic mass is 16.3. The molecule has 2 aromatic rings. The molecule has 1 saturated heterocycles. The second kappa shape index (κ2) is 7.76. The van der Waals surface area contributed by atoms with Crippen molar-refractivity contribution >= 4 is 23.2 Å². The highest BCUT2D eigenvalue weighted by Crippen LogP contribution is 2.29. The van der Waals surface area contributed by atoms with Gasteiger partial charge in [0.2, 0.25) is 0 Å². The molecule has 2 aromatic carbocycles. The first-order valence-electron chi connectivity index (χ1n) is 9.59. The van der Waals surface area contributed by atoms with E-state index in [4.69, 9.17) is 0 Å². The topological polar surface area (TPSA) is 81.7 Å². The lowest BCUT2D eigenvalue weighted by Gasteiger charge is -2.28. The molecule has 6 heteroatoms. The Morgan fingerprint density at radius 1 is 1.00 bits per heavy atom. The zero-order chi connectivity index (χ0) is 19.5. The lowest BCUT2D eigenvalue weighted by molar-refractivity contribution is -0.120. The maximum absolute atomic E-state index is 12.6. The molecule has 6 nitrogen and oxygen atoms in total. The van der Waals surface area contributed by atoms with E-state index in [0.29, 0.717) is 5.69 Å². The van der Waals surface area contributed by atoms with Crippen LogP contribution in [0.5, 0.6) is 0 Å². The molecule has 2 amide bonds. The first-order valence-corrected chi connectivity index (χ1v) is 9.59. The second-order valence-corrected chi connectivity index (χ2v) is 7.13. The summed E-state index contributed by atoms with van der Waals surface area (Å²) in [6, 6.07) is 15.9. The van der Waals surface area contributed by atoms with Crippen molar-refractivity contribution in [3.05, 3.63) is 71.5 Å². The molecule has 2 heterocycles. The standard InChI is InChI=1S/C22H23N3O3/c26-20-18(22(28)24-19(20)15-7-3-1-4-8-15)21(27)23-16-9-11-17(12-10-16)25-13-5-2-6-14-25/h1,3-4,7-12,19,26H,2,5-6,13-14H2,(H,23,27)(H,24,28). The number of aliphatic hydroxyl groups excluding tert-OH is 1. The molecule has 1 unspecified atom stereocenters. The number of hydrogen-bond acceptors (Lipinski definition) is 4. The first-order chi connectivity index (χ1) is 13.6. The van der Waals surface area contributed by atoms with Crippen LogP contribution in [0, 0.1) is 0 Å². The van der Waals surface area contributed by atoms with Crippen LogP contribution in [0.3, 0.4) is 0 Å². The number of rotatable bonds is 4. The highest BCUT2D eigenvalue weighted by molar-refractivity contribution is 6.24. The fourth-order valence-corrected chi connectivity index (χ4v) is 3.74. The van der Waals surface area contributed by atoms with Crippen LogP contribution in [-0.2, 0) is 9.59 Å². The van der Waals surface area contributed by atoms with Gasteiger partial charge in [0, 0.05) is 24.5 Å². The summed E-state index contributed by atoms with van der Waals surface area (Å²) in [5, 5.41) is 15.8. The second-order valence-electron chi connectivity index (χ2n) is 7.13. The third-order valence-electron chi connectivity index (χ3n) is 5.24. The Morgan fingerprint density at radius 2 is 1.68 bits per heavy atom. The van der Waals surface area contributed by atoms with Gasteiger partial charge >= 0.3 is 0 Å². The summed E-state index contributed by atoms with van der Waals surface area (Å²) in [6.07, 6.45) is 3.67. The average molecular weight is 377 g/mol. The number of benzene rings is 2. The van der Waals surface area contributed by atoms with Crippen molar-refractivity contribution in [2.24, 2.45) is 0 Å². The Kier molecular flexibility index (Phi) is 5.02. The van der Waals surface area contributed by atoms with E-state index in [1.165, 1.54) is 19.3 Å². The summed E-state index contributed by atoms with van der Waals surface area (Å²) >= 11 is 0. The summed E-state index contributed by atoms with van der Waals surface area (Å²) in [7, 11) is 0. The quantitative estimate of drug-likeness (QED) is 0.714. The van der Waals surface area contributed by atoms with Gasteiger partial charge in [0.05, 0.1) is 0 Å². The number of nitrogens with zero attached hydrogens (tertiary/aromatic N) is 1. The number of carbonyl (C=O) groups excluding carboxylic acids is 2. The van der Waals surface area contributed by atoms with Crippen molar-refractivity contribution in [2.45, 2.75) is 25.3 Å². The lowest BCUT2D eigenvalue weighted by atomic mass is 10.1. The number of piperidine rings is 1. The van der Waals surface area contributed by atoms with Crippen molar-refractivity contribution in [1.82, 2.24) is 5.32 Å². The maximum Gasteiger partial charge on any atom is 0.264 e. The zero-order valence-corrected chi connectivity index (χ0v) is 15.5. The molecule has 4 rings (SSSR count). The molecule has 0 aliphatic carbocycles. The Bertz CT molecular complexity index is 900. The van der Waals surface area contributed by atoms with Gasteiger partial charge in [-0.3, -0.25) is 9.59 Å². The van der Waals surface area contributed by atoms with E-state index < -0.39 is 17.9 Å². The minimum absolute atomic E-state index is 0.242. The molecule has 3 N–H and O–H groups in total. The van der Waals surface area contributed by atoms with E-state index in [-0.39, 0.29) is 11.3 Å². The van der Waals surface area contributed by atoms with Crippen molar-refractivity contribution in [2.75, 3.05) is 23.3 Å². The van der Waals surface area contributed by atoms with Crippen LogP contribution in [0.2, 0.25) is 0 Å². The highest BCUT2D eigenvalue weighted by Gasteiger charge is 2.36. The smallest absolute Gasteiger partial charge is 0.264 e. The van der Waals surface area contributed by atoms with Gasteiger partial charge in [-0.05, 0) is 49.1 Å². The average Bonchev–Trinajstić information content (AvgIpc) is 3.04. The van der Waals surface area contributed by atoms with Gasteiger partial charge in [-0.15, -0.1) is 0 Å². The van der Waals surface area contributed by atoms with Gasteiger partial charge in [-0.1, -0.05) is 30.3 Å². The van der Waals surface area contributed by atoms with Crippen molar-refractivity contribution in [3.63, 3.8) is 0 Å².